The number of alkyl halides is 3. The molecule has 1 aromatic carbocycles. The van der Waals surface area contributed by atoms with E-state index in [0.717, 1.165) is 26.6 Å². The number of sulfonamides is 1. The van der Waals surface area contributed by atoms with Crippen LogP contribution in [0.15, 0.2) is 60.0 Å². The summed E-state index contributed by atoms with van der Waals surface area (Å²) >= 11 is 0. The molecule has 0 unspecified atom stereocenters. The van der Waals surface area contributed by atoms with Gasteiger partial charge in [0.05, 0.1) is 16.0 Å². The number of rotatable bonds is 7. The van der Waals surface area contributed by atoms with Gasteiger partial charge in [-0.15, -0.1) is 0 Å². The molecular weight excluding hydrogens is 511 g/mol. The lowest BCUT2D eigenvalue weighted by Gasteiger charge is -2.34. The molecule has 2 aromatic heterocycles. The fourth-order valence-corrected chi connectivity index (χ4v) is 5.66. The van der Waals surface area contributed by atoms with Gasteiger partial charge >= 0.3 is 12.1 Å². The van der Waals surface area contributed by atoms with Crippen LogP contribution < -0.4 is 0 Å². The van der Waals surface area contributed by atoms with Gasteiger partial charge in [-0.25, -0.2) is 8.42 Å². The van der Waals surface area contributed by atoms with Crippen LogP contribution >= 0.6 is 0 Å². The molecule has 1 aliphatic rings. The Balaban J connectivity index is 1.65. The highest BCUT2D eigenvalue weighted by molar-refractivity contribution is 7.89. The summed E-state index contributed by atoms with van der Waals surface area (Å²) in [6.07, 6.45) is 0.889. The number of nitriles is 1. The highest BCUT2D eigenvalue weighted by Gasteiger charge is 2.35. The Kier molecular flexibility index (Phi) is 7.35. The van der Waals surface area contributed by atoms with Crippen molar-refractivity contribution in [3.63, 3.8) is 0 Å². The summed E-state index contributed by atoms with van der Waals surface area (Å²) in [4.78, 5) is 16.5. The smallest absolute Gasteiger partial charge is 0.416 e. The van der Waals surface area contributed by atoms with Crippen molar-refractivity contribution in [2.24, 2.45) is 0 Å². The number of halogens is 3. The Morgan fingerprint density at radius 2 is 1.76 bits per heavy atom. The highest BCUT2D eigenvalue weighted by Crippen LogP contribution is 2.36. The zero-order valence-electron chi connectivity index (χ0n) is 19.4. The molecule has 0 saturated carbocycles. The van der Waals surface area contributed by atoms with E-state index >= 15 is 0 Å². The van der Waals surface area contributed by atoms with E-state index in [2.05, 4.69) is 4.98 Å². The van der Waals surface area contributed by atoms with E-state index in [9.17, 15) is 31.6 Å². The number of nitrogens with zero attached hydrogens (tertiary/aromatic N) is 5. The van der Waals surface area contributed by atoms with Crippen molar-refractivity contribution >= 4 is 16.0 Å². The molecule has 0 atom stereocenters. The number of pyridine rings is 1. The maximum atomic E-state index is 13.7. The zero-order chi connectivity index (χ0) is 26.8. The SMILES string of the molecule is N#Cc1cn(CC(=O)O)cc1-c1cc(C(F)(F)F)cc(S(=O)(=O)N2CCN(Cc3ccncc3)CC2)c1. The van der Waals surface area contributed by atoms with Crippen LogP contribution in [-0.2, 0) is 34.1 Å². The number of hydrogen-bond acceptors (Lipinski definition) is 6. The van der Waals surface area contributed by atoms with Gasteiger partial charge in [-0.05, 0) is 41.5 Å². The van der Waals surface area contributed by atoms with E-state index in [4.69, 9.17) is 5.11 Å². The number of carboxylic acid groups (broad SMARTS) is 1. The fraction of sp³-hybridized carbons (Fsp3) is 0.292. The Bertz CT molecular complexity index is 1440. The molecule has 194 valence electrons. The van der Waals surface area contributed by atoms with Gasteiger partial charge in [0.1, 0.15) is 12.6 Å². The molecule has 0 radical (unpaired) electrons. The van der Waals surface area contributed by atoms with Gasteiger partial charge in [0.25, 0.3) is 0 Å². The number of hydrogen-bond donors (Lipinski definition) is 1. The van der Waals surface area contributed by atoms with Crippen molar-refractivity contribution < 1.29 is 31.5 Å². The molecule has 37 heavy (non-hydrogen) atoms. The molecule has 3 aromatic rings. The summed E-state index contributed by atoms with van der Waals surface area (Å²) in [5, 5.41) is 18.5. The minimum Gasteiger partial charge on any atom is -0.480 e. The second-order valence-corrected chi connectivity index (χ2v) is 10.5. The highest BCUT2D eigenvalue weighted by atomic mass is 32.2. The van der Waals surface area contributed by atoms with Crippen LogP contribution in [0, 0.1) is 11.3 Å². The van der Waals surface area contributed by atoms with Crippen LogP contribution in [0.4, 0.5) is 13.2 Å². The van der Waals surface area contributed by atoms with Crippen molar-refractivity contribution in [2.45, 2.75) is 24.2 Å². The third-order valence-corrected chi connectivity index (χ3v) is 7.86. The molecule has 4 rings (SSSR count). The molecule has 13 heteroatoms. The fourth-order valence-electron chi connectivity index (χ4n) is 4.17. The van der Waals surface area contributed by atoms with Crippen molar-refractivity contribution in [3.8, 4) is 17.2 Å². The number of aromatic nitrogens is 2. The summed E-state index contributed by atoms with van der Waals surface area (Å²) in [7, 11) is -4.29. The Labute approximate surface area is 211 Å². The number of aliphatic carboxylic acids is 1. The van der Waals surface area contributed by atoms with Gasteiger partial charge in [0.2, 0.25) is 10.0 Å². The first-order chi connectivity index (χ1) is 17.5. The third kappa shape index (κ3) is 5.99. The maximum absolute atomic E-state index is 13.7. The summed E-state index contributed by atoms with van der Waals surface area (Å²) in [6.45, 7) is 1.06. The standard InChI is InChI=1S/C24H22F3N5O4S/c25-24(26,27)20-9-18(22-15-31(16-23(33)34)14-19(22)12-28)10-21(11-20)37(35,36)32-7-5-30(6-8-32)13-17-1-3-29-4-2-17/h1-4,9-11,14-15H,5-8,13,16H2,(H,33,34). The molecule has 9 nitrogen and oxygen atoms in total. The minimum atomic E-state index is -4.85. The van der Waals surface area contributed by atoms with Crippen molar-refractivity contribution in [1.29, 1.82) is 5.26 Å². The molecular formula is C24H22F3N5O4S. The molecule has 0 amide bonds. The number of carboxylic acids is 1. The van der Waals surface area contributed by atoms with Gasteiger partial charge in [-0.2, -0.15) is 22.7 Å². The van der Waals surface area contributed by atoms with Crippen LogP contribution in [0.1, 0.15) is 16.7 Å². The van der Waals surface area contributed by atoms with Crippen molar-refractivity contribution in [1.82, 2.24) is 18.8 Å². The lowest BCUT2D eigenvalue weighted by Crippen LogP contribution is -2.48. The molecule has 1 N–H and O–H groups in total. The van der Waals surface area contributed by atoms with E-state index in [1.54, 1.807) is 12.4 Å². The van der Waals surface area contributed by atoms with E-state index in [1.807, 2.05) is 23.1 Å². The van der Waals surface area contributed by atoms with Gasteiger partial charge in [-0.1, -0.05) is 0 Å². The van der Waals surface area contributed by atoms with Gasteiger partial charge in [-0.3, -0.25) is 14.7 Å². The maximum Gasteiger partial charge on any atom is 0.416 e. The Morgan fingerprint density at radius 3 is 2.35 bits per heavy atom. The first-order valence-corrected chi connectivity index (χ1v) is 12.6. The molecule has 0 aliphatic carbocycles. The molecule has 1 saturated heterocycles. The van der Waals surface area contributed by atoms with Crippen LogP contribution in [0.2, 0.25) is 0 Å². The Morgan fingerprint density at radius 1 is 1.08 bits per heavy atom. The molecule has 0 bridgehead atoms. The second-order valence-electron chi connectivity index (χ2n) is 8.54. The summed E-state index contributed by atoms with van der Waals surface area (Å²) in [6, 6.07) is 7.97. The monoisotopic (exact) mass is 533 g/mol. The minimum absolute atomic E-state index is 0.00784. The quantitative estimate of drug-likeness (QED) is 0.496. The van der Waals surface area contributed by atoms with Crippen LogP contribution in [-0.4, -0.2) is 64.4 Å². The lowest BCUT2D eigenvalue weighted by molar-refractivity contribution is -0.138. The third-order valence-electron chi connectivity index (χ3n) is 5.99. The van der Waals surface area contributed by atoms with Crippen LogP contribution in [0.3, 0.4) is 0 Å². The Hall–Kier alpha value is -3.73. The topological polar surface area (TPSA) is 120 Å². The number of piperazine rings is 1. The van der Waals surface area contributed by atoms with Gasteiger partial charge in [0, 0.05) is 63.1 Å². The normalized spacial score (nSPS) is 15.4. The van der Waals surface area contributed by atoms with E-state index in [0.29, 0.717) is 25.7 Å². The summed E-state index contributed by atoms with van der Waals surface area (Å²) in [5.74, 6) is -1.21. The van der Waals surface area contributed by atoms with E-state index in [1.165, 1.54) is 12.4 Å². The largest absolute Gasteiger partial charge is 0.480 e. The lowest BCUT2D eigenvalue weighted by atomic mass is 10.0. The van der Waals surface area contributed by atoms with Crippen molar-refractivity contribution in [3.05, 3.63) is 71.8 Å². The van der Waals surface area contributed by atoms with Crippen molar-refractivity contribution in [2.75, 3.05) is 26.2 Å². The van der Waals surface area contributed by atoms with E-state index in [-0.39, 0.29) is 29.8 Å². The second kappa shape index (κ2) is 10.3. The zero-order valence-corrected chi connectivity index (χ0v) is 20.2. The number of benzene rings is 1. The molecule has 1 fully saturated rings. The first-order valence-electron chi connectivity index (χ1n) is 11.1. The summed E-state index contributed by atoms with van der Waals surface area (Å²) < 4.78 is 70.3. The molecule has 1 aliphatic heterocycles. The number of carbonyl (C=O) groups is 1. The van der Waals surface area contributed by atoms with Crippen LogP contribution in [0.25, 0.3) is 11.1 Å². The van der Waals surface area contributed by atoms with Crippen LogP contribution in [0.5, 0.6) is 0 Å². The van der Waals surface area contributed by atoms with E-state index < -0.39 is 39.2 Å². The average Bonchev–Trinajstić information content (AvgIpc) is 3.26. The molecule has 0 spiro atoms. The van der Waals surface area contributed by atoms with Gasteiger partial charge < -0.3 is 9.67 Å². The predicted octanol–water partition coefficient (Wildman–Crippen LogP) is 3.03. The average molecular weight is 534 g/mol. The predicted molar refractivity (Wildman–Crippen MR) is 125 cm³/mol. The summed E-state index contributed by atoms with van der Waals surface area (Å²) in [5.41, 5.74) is -0.390. The van der Waals surface area contributed by atoms with Gasteiger partial charge in [0.15, 0.2) is 0 Å². The first kappa shape index (κ1) is 26.3. The molecule has 3 heterocycles.